The van der Waals surface area contributed by atoms with Gasteiger partial charge in [-0.25, -0.2) is 4.79 Å². The molecule has 0 saturated carbocycles. The maximum absolute atomic E-state index is 11.7. The zero-order chi connectivity index (χ0) is 15.1. The Balaban J connectivity index is 2.03. The van der Waals surface area contributed by atoms with Crippen LogP contribution in [0.2, 0.25) is 0 Å². The van der Waals surface area contributed by atoms with E-state index < -0.39 is 5.97 Å². The molecular weight excluding hydrogens is 274 g/mol. The fourth-order valence-corrected chi connectivity index (χ4v) is 2.92. The Morgan fingerprint density at radius 1 is 0.909 bits per heavy atom. The SMILES string of the molecule is O=C(O)c1c(-c2ccc3ccccc3c2)cn2ccccc12. The van der Waals surface area contributed by atoms with Crippen molar-refractivity contribution < 1.29 is 9.90 Å². The van der Waals surface area contributed by atoms with Gasteiger partial charge in [-0.1, -0.05) is 42.5 Å². The molecule has 3 nitrogen and oxygen atoms in total. The first-order chi connectivity index (χ1) is 10.7. The number of carboxylic acids is 1. The van der Waals surface area contributed by atoms with Crippen LogP contribution in [0, 0.1) is 0 Å². The van der Waals surface area contributed by atoms with Gasteiger partial charge in [0.2, 0.25) is 0 Å². The highest BCUT2D eigenvalue weighted by molar-refractivity contribution is 6.04. The molecule has 0 fully saturated rings. The van der Waals surface area contributed by atoms with Crippen LogP contribution in [0.15, 0.2) is 73.1 Å². The third kappa shape index (κ3) is 1.87. The zero-order valence-corrected chi connectivity index (χ0v) is 11.7. The molecule has 2 aromatic heterocycles. The van der Waals surface area contributed by atoms with Crippen molar-refractivity contribution in [3.63, 3.8) is 0 Å². The molecule has 1 N–H and O–H groups in total. The lowest BCUT2D eigenvalue weighted by Gasteiger charge is -2.03. The maximum atomic E-state index is 11.7. The maximum Gasteiger partial charge on any atom is 0.338 e. The summed E-state index contributed by atoms with van der Waals surface area (Å²) in [7, 11) is 0. The Hall–Kier alpha value is -3.07. The average molecular weight is 287 g/mol. The molecule has 0 saturated heterocycles. The number of aromatic carboxylic acids is 1. The summed E-state index contributed by atoms with van der Waals surface area (Å²) in [5, 5.41) is 11.9. The van der Waals surface area contributed by atoms with Gasteiger partial charge in [-0.3, -0.25) is 0 Å². The van der Waals surface area contributed by atoms with E-state index in [0.29, 0.717) is 11.1 Å². The molecule has 2 heterocycles. The van der Waals surface area contributed by atoms with E-state index in [2.05, 4.69) is 0 Å². The molecule has 0 radical (unpaired) electrons. The number of hydrogen-bond donors (Lipinski definition) is 1. The van der Waals surface area contributed by atoms with E-state index in [1.807, 2.05) is 77.5 Å². The van der Waals surface area contributed by atoms with Crippen LogP contribution in [0.4, 0.5) is 0 Å². The summed E-state index contributed by atoms with van der Waals surface area (Å²) in [4.78, 5) is 11.7. The fraction of sp³-hybridized carbons (Fsp3) is 0. The number of carboxylic acid groups (broad SMARTS) is 1. The van der Waals surface area contributed by atoms with E-state index in [9.17, 15) is 9.90 Å². The quantitative estimate of drug-likeness (QED) is 0.591. The van der Waals surface area contributed by atoms with Crippen LogP contribution in [-0.2, 0) is 0 Å². The molecule has 22 heavy (non-hydrogen) atoms. The zero-order valence-electron chi connectivity index (χ0n) is 11.7. The van der Waals surface area contributed by atoms with Gasteiger partial charge in [-0.2, -0.15) is 0 Å². The van der Waals surface area contributed by atoms with Crippen LogP contribution in [0.25, 0.3) is 27.4 Å². The van der Waals surface area contributed by atoms with Crippen molar-refractivity contribution in [3.8, 4) is 11.1 Å². The third-order valence-electron chi connectivity index (χ3n) is 3.96. The second-order valence-corrected chi connectivity index (χ2v) is 5.28. The van der Waals surface area contributed by atoms with Crippen molar-refractivity contribution in [2.24, 2.45) is 0 Å². The molecule has 0 aliphatic carbocycles. The van der Waals surface area contributed by atoms with Gasteiger partial charge in [-0.15, -0.1) is 0 Å². The van der Waals surface area contributed by atoms with E-state index >= 15 is 0 Å². The van der Waals surface area contributed by atoms with E-state index in [1.54, 1.807) is 0 Å². The molecule has 0 bridgehead atoms. The topological polar surface area (TPSA) is 41.7 Å². The minimum absolute atomic E-state index is 0.343. The first kappa shape index (κ1) is 12.7. The van der Waals surface area contributed by atoms with Gasteiger partial charge in [0, 0.05) is 18.0 Å². The summed E-state index contributed by atoms with van der Waals surface area (Å²) >= 11 is 0. The van der Waals surface area contributed by atoms with Gasteiger partial charge in [0.1, 0.15) is 0 Å². The third-order valence-corrected chi connectivity index (χ3v) is 3.96. The number of hydrogen-bond acceptors (Lipinski definition) is 1. The van der Waals surface area contributed by atoms with Gasteiger partial charge in [0.25, 0.3) is 0 Å². The van der Waals surface area contributed by atoms with Crippen molar-refractivity contribution in [2.75, 3.05) is 0 Å². The summed E-state index contributed by atoms with van der Waals surface area (Å²) in [6.07, 6.45) is 3.75. The summed E-state index contributed by atoms with van der Waals surface area (Å²) in [5.74, 6) is -0.906. The van der Waals surface area contributed by atoms with Crippen LogP contribution in [-0.4, -0.2) is 15.5 Å². The second-order valence-electron chi connectivity index (χ2n) is 5.28. The van der Waals surface area contributed by atoms with Crippen LogP contribution in [0.3, 0.4) is 0 Å². The molecule has 106 valence electrons. The van der Waals surface area contributed by atoms with Crippen molar-refractivity contribution in [2.45, 2.75) is 0 Å². The molecule has 0 unspecified atom stereocenters. The van der Waals surface area contributed by atoms with Crippen molar-refractivity contribution in [1.29, 1.82) is 0 Å². The van der Waals surface area contributed by atoms with E-state index in [0.717, 1.165) is 21.9 Å². The Labute approximate surface area is 127 Å². The fourth-order valence-electron chi connectivity index (χ4n) is 2.92. The lowest BCUT2D eigenvalue weighted by molar-refractivity contribution is 0.0700. The highest BCUT2D eigenvalue weighted by Gasteiger charge is 2.18. The van der Waals surface area contributed by atoms with E-state index in [-0.39, 0.29) is 0 Å². The normalized spacial score (nSPS) is 11.1. The number of nitrogens with zero attached hydrogens (tertiary/aromatic N) is 1. The smallest absolute Gasteiger partial charge is 0.338 e. The predicted octanol–water partition coefficient (Wildman–Crippen LogP) is 4.46. The molecule has 0 spiro atoms. The highest BCUT2D eigenvalue weighted by Crippen LogP contribution is 2.31. The van der Waals surface area contributed by atoms with Gasteiger partial charge < -0.3 is 9.51 Å². The van der Waals surface area contributed by atoms with Crippen LogP contribution < -0.4 is 0 Å². The van der Waals surface area contributed by atoms with Crippen LogP contribution >= 0.6 is 0 Å². The number of carbonyl (C=O) groups is 1. The molecule has 0 aliphatic rings. The van der Waals surface area contributed by atoms with Crippen molar-refractivity contribution in [1.82, 2.24) is 4.40 Å². The van der Waals surface area contributed by atoms with Gasteiger partial charge in [-0.05, 0) is 34.5 Å². The number of fused-ring (bicyclic) bond motifs is 2. The monoisotopic (exact) mass is 287 g/mol. The van der Waals surface area contributed by atoms with E-state index in [1.165, 1.54) is 0 Å². The molecule has 0 amide bonds. The number of rotatable bonds is 2. The first-order valence-corrected chi connectivity index (χ1v) is 7.06. The van der Waals surface area contributed by atoms with Crippen LogP contribution in [0.1, 0.15) is 10.4 Å². The molecule has 2 aromatic carbocycles. The number of aromatic nitrogens is 1. The minimum atomic E-state index is -0.906. The van der Waals surface area contributed by atoms with E-state index in [4.69, 9.17) is 0 Å². The molecule has 3 heteroatoms. The molecular formula is C19H13NO2. The summed E-state index contributed by atoms with van der Waals surface area (Å²) < 4.78 is 1.86. The second kappa shape index (κ2) is 4.74. The Kier molecular flexibility index (Phi) is 2.73. The Morgan fingerprint density at radius 2 is 1.68 bits per heavy atom. The molecule has 0 aliphatic heterocycles. The standard InChI is InChI=1S/C19H13NO2/c21-19(22)18-16(12-20-10-4-3-7-17(18)20)15-9-8-13-5-1-2-6-14(13)11-15/h1-12H,(H,21,22). The summed E-state index contributed by atoms with van der Waals surface area (Å²) in [6.45, 7) is 0. The lowest BCUT2D eigenvalue weighted by atomic mass is 10.00. The average Bonchev–Trinajstić information content (AvgIpc) is 2.94. The molecule has 4 rings (SSSR count). The van der Waals surface area contributed by atoms with Crippen molar-refractivity contribution >= 4 is 22.3 Å². The minimum Gasteiger partial charge on any atom is -0.478 e. The predicted molar refractivity (Wildman–Crippen MR) is 87.3 cm³/mol. The summed E-state index contributed by atoms with van der Waals surface area (Å²) in [6, 6.07) is 19.7. The van der Waals surface area contributed by atoms with Crippen LogP contribution in [0.5, 0.6) is 0 Å². The van der Waals surface area contributed by atoms with Gasteiger partial charge >= 0.3 is 5.97 Å². The lowest BCUT2D eigenvalue weighted by Crippen LogP contribution is -1.97. The number of pyridine rings is 1. The largest absolute Gasteiger partial charge is 0.478 e. The van der Waals surface area contributed by atoms with Crippen molar-refractivity contribution in [3.05, 3.63) is 78.6 Å². The van der Waals surface area contributed by atoms with Gasteiger partial charge in [0.05, 0.1) is 11.1 Å². The Bertz CT molecular complexity index is 1010. The van der Waals surface area contributed by atoms with Gasteiger partial charge in [0.15, 0.2) is 0 Å². The summed E-state index contributed by atoms with van der Waals surface area (Å²) in [5.41, 5.74) is 2.71. The first-order valence-electron chi connectivity index (χ1n) is 7.06. The molecule has 0 atom stereocenters. The highest BCUT2D eigenvalue weighted by atomic mass is 16.4. The Morgan fingerprint density at radius 3 is 2.50 bits per heavy atom. The molecule has 4 aromatic rings. The number of benzene rings is 2.